The molecule has 3 aromatic rings. The molecule has 0 spiro atoms. The third-order valence-electron chi connectivity index (χ3n) is 4.75. The lowest BCUT2D eigenvalue weighted by Crippen LogP contribution is -2.48. The van der Waals surface area contributed by atoms with Crippen LogP contribution in [0.1, 0.15) is 25.9 Å². The highest BCUT2D eigenvalue weighted by Gasteiger charge is 2.25. The molecular weight excluding hydrogens is 350 g/mol. The van der Waals surface area contributed by atoms with Crippen molar-refractivity contribution in [3.63, 3.8) is 0 Å². The van der Waals surface area contributed by atoms with Crippen LogP contribution in [-0.2, 0) is 6.54 Å². The summed E-state index contributed by atoms with van der Waals surface area (Å²) in [4.78, 5) is 22.8. The van der Waals surface area contributed by atoms with E-state index in [9.17, 15) is 4.79 Å². The number of nitrogens with zero attached hydrogens (tertiary/aromatic N) is 3. The number of piperazine rings is 1. The Labute approximate surface area is 155 Å². The molecule has 0 aliphatic carbocycles. The molecule has 1 amide bonds. The summed E-state index contributed by atoms with van der Waals surface area (Å²) in [6.45, 7) is 8.38. The third kappa shape index (κ3) is 3.34. The lowest BCUT2D eigenvalue weighted by atomic mass is 10.1. The highest BCUT2D eigenvalue weighted by molar-refractivity contribution is 7.21. The standard InChI is InChI=1S/C19H21N3OS2/c1-13-16-5-3-4-6-17(16)25-18(13)19(23)22-9-7-21(8-10-22)11-15-12-24-14(2)20-15/h3-6,12H,7-11H2,1-2H3. The molecule has 0 bridgehead atoms. The van der Waals surface area contributed by atoms with E-state index in [-0.39, 0.29) is 5.91 Å². The van der Waals surface area contributed by atoms with Gasteiger partial charge in [0.25, 0.3) is 5.91 Å². The van der Waals surface area contributed by atoms with E-state index in [1.807, 2.05) is 24.0 Å². The van der Waals surface area contributed by atoms with Crippen molar-refractivity contribution < 1.29 is 4.79 Å². The predicted octanol–water partition coefficient (Wildman–Crippen LogP) is 3.93. The van der Waals surface area contributed by atoms with Crippen LogP contribution in [0.15, 0.2) is 29.6 Å². The van der Waals surface area contributed by atoms with Gasteiger partial charge in [-0.1, -0.05) is 18.2 Å². The Balaban J connectivity index is 1.43. The van der Waals surface area contributed by atoms with Crippen molar-refractivity contribution in [2.45, 2.75) is 20.4 Å². The van der Waals surface area contributed by atoms with Gasteiger partial charge in [0.15, 0.2) is 0 Å². The van der Waals surface area contributed by atoms with E-state index in [0.29, 0.717) is 0 Å². The molecule has 1 fully saturated rings. The Hall–Kier alpha value is -1.76. The largest absolute Gasteiger partial charge is 0.335 e. The maximum Gasteiger partial charge on any atom is 0.264 e. The molecule has 0 unspecified atom stereocenters. The van der Waals surface area contributed by atoms with Gasteiger partial charge in [0.2, 0.25) is 0 Å². The van der Waals surface area contributed by atoms with E-state index in [0.717, 1.165) is 53.9 Å². The number of amides is 1. The maximum absolute atomic E-state index is 13.0. The molecule has 0 radical (unpaired) electrons. The van der Waals surface area contributed by atoms with Crippen molar-refractivity contribution in [2.24, 2.45) is 0 Å². The number of thiophene rings is 1. The quantitative estimate of drug-likeness (QED) is 0.700. The van der Waals surface area contributed by atoms with E-state index < -0.39 is 0 Å². The minimum atomic E-state index is 0.183. The maximum atomic E-state index is 13.0. The van der Waals surface area contributed by atoms with Crippen molar-refractivity contribution in [3.05, 3.63) is 50.8 Å². The van der Waals surface area contributed by atoms with Crippen LogP contribution < -0.4 is 0 Å². The number of benzene rings is 1. The van der Waals surface area contributed by atoms with Gasteiger partial charge in [-0.25, -0.2) is 4.98 Å². The number of hydrogen-bond acceptors (Lipinski definition) is 5. The van der Waals surface area contributed by atoms with E-state index in [1.54, 1.807) is 22.7 Å². The average Bonchev–Trinajstić information content (AvgIpc) is 3.19. The summed E-state index contributed by atoms with van der Waals surface area (Å²) in [5.74, 6) is 0.183. The second-order valence-corrected chi connectivity index (χ2v) is 8.59. The summed E-state index contributed by atoms with van der Waals surface area (Å²) < 4.78 is 1.20. The molecule has 4 nitrogen and oxygen atoms in total. The average molecular weight is 372 g/mol. The third-order valence-corrected chi connectivity index (χ3v) is 6.83. The summed E-state index contributed by atoms with van der Waals surface area (Å²) in [5.41, 5.74) is 2.26. The van der Waals surface area contributed by atoms with Crippen LogP contribution in [0.4, 0.5) is 0 Å². The second kappa shape index (κ2) is 6.86. The summed E-state index contributed by atoms with van der Waals surface area (Å²) >= 11 is 3.32. The predicted molar refractivity (Wildman–Crippen MR) is 105 cm³/mol. The first-order chi connectivity index (χ1) is 12.1. The first kappa shape index (κ1) is 16.7. The molecule has 130 valence electrons. The molecule has 25 heavy (non-hydrogen) atoms. The van der Waals surface area contributed by atoms with Crippen LogP contribution in [0.5, 0.6) is 0 Å². The Morgan fingerprint density at radius 2 is 1.92 bits per heavy atom. The molecule has 0 N–H and O–H groups in total. The van der Waals surface area contributed by atoms with Gasteiger partial charge in [-0.2, -0.15) is 0 Å². The van der Waals surface area contributed by atoms with Gasteiger partial charge >= 0.3 is 0 Å². The Bertz CT molecular complexity index is 906. The number of aryl methyl sites for hydroxylation is 2. The SMILES string of the molecule is Cc1nc(CN2CCN(C(=O)c3sc4ccccc4c3C)CC2)cs1. The van der Waals surface area contributed by atoms with E-state index >= 15 is 0 Å². The number of carbonyl (C=O) groups is 1. The normalized spacial score (nSPS) is 15.8. The van der Waals surface area contributed by atoms with Crippen LogP contribution in [0.3, 0.4) is 0 Å². The van der Waals surface area contributed by atoms with Crippen molar-refractivity contribution in [1.82, 2.24) is 14.8 Å². The first-order valence-corrected chi connectivity index (χ1v) is 10.2. The number of fused-ring (bicyclic) bond motifs is 1. The number of aromatic nitrogens is 1. The van der Waals surface area contributed by atoms with Gasteiger partial charge < -0.3 is 4.90 Å². The fourth-order valence-corrected chi connectivity index (χ4v) is 5.12. The highest BCUT2D eigenvalue weighted by Crippen LogP contribution is 2.31. The Kier molecular flexibility index (Phi) is 4.58. The molecule has 1 aliphatic rings. The molecule has 1 aliphatic heterocycles. The van der Waals surface area contributed by atoms with Crippen molar-refractivity contribution in [1.29, 1.82) is 0 Å². The van der Waals surface area contributed by atoms with Gasteiger partial charge in [0.1, 0.15) is 0 Å². The second-order valence-electron chi connectivity index (χ2n) is 6.48. The molecule has 3 heterocycles. The van der Waals surface area contributed by atoms with Crippen LogP contribution in [-0.4, -0.2) is 46.9 Å². The zero-order valence-electron chi connectivity index (χ0n) is 14.5. The molecule has 4 rings (SSSR count). The van der Waals surface area contributed by atoms with Crippen LogP contribution in [0.25, 0.3) is 10.1 Å². The van der Waals surface area contributed by atoms with Crippen LogP contribution >= 0.6 is 22.7 Å². The number of thiazole rings is 1. The Morgan fingerprint density at radius 3 is 2.60 bits per heavy atom. The molecule has 6 heteroatoms. The van der Waals surface area contributed by atoms with Crippen molar-refractivity contribution in [3.8, 4) is 0 Å². The van der Waals surface area contributed by atoms with E-state index in [1.165, 1.54) is 10.1 Å². The number of carbonyl (C=O) groups excluding carboxylic acids is 1. The van der Waals surface area contributed by atoms with Crippen molar-refractivity contribution in [2.75, 3.05) is 26.2 Å². The van der Waals surface area contributed by atoms with E-state index in [2.05, 4.69) is 34.3 Å². The molecule has 2 aromatic heterocycles. The molecule has 0 saturated carbocycles. The summed E-state index contributed by atoms with van der Waals surface area (Å²) in [7, 11) is 0. The topological polar surface area (TPSA) is 36.4 Å². The smallest absolute Gasteiger partial charge is 0.264 e. The lowest BCUT2D eigenvalue weighted by Gasteiger charge is -2.34. The van der Waals surface area contributed by atoms with Gasteiger partial charge in [0, 0.05) is 42.8 Å². The minimum absolute atomic E-state index is 0.183. The summed E-state index contributed by atoms with van der Waals surface area (Å²) in [6.07, 6.45) is 0. The molecule has 1 saturated heterocycles. The van der Waals surface area contributed by atoms with E-state index in [4.69, 9.17) is 0 Å². The number of rotatable bonds is 3. The van der Waals surface area contributed by atoms with Gasteiger partial charge in [-0.05, 0) is 30.9 Å². The molecule has 0 atom stereocenters. The summed E-state index contributed by atoms with van der Waals surface area (Å²) in [5, 5.41) is 4.45. The zero-order valence-corrected chi connectivity index (χ0v) is 16.1. The van der Waals surface area contributed by atoms with Gasteiger partial charge in [0.05, 0.1) is 15.6 Å². The lowest BCUT2D eigenvalue weighted by molar-refractivity contribution is 0.0631. The van der Waals surface area contributed by atoms with Crippen LogP contribution in [0.2, 0.25) is 0 Å². The summed E-state index contributed by atoms with van der Waals surface area (Å²) in [6, 6.07) is 8.27. The fraction of sp³-hybridized carbons (Fsp3) is 0.368. The fourth-order valence-electron chi connectivity index (χ4n) is 3.34. The zero-order chi connectivity index (χ0) is 17.4. The van der Waals surface area contributed by atoms with Gasteiger partial charge in [-0.15, -0.1) is 22.7 Å². The molecular formula is C19H21N3OS2. The van der Waals surface area contributed by atoms with Crippen LogP contribution in [0, 0.1) is 13.8 Å². The monoisotopic (exact) mass is 371 g/mol. The minimum Gasteiger partial charge on any atom is -0.335 e. The first-order valence-electron chi connectivity index (χ1n) is 8.52. The van der Waals surface area contributed by atoms with Crippen molar-refractivity contribution >= 4 is 38.7 Å². The number of hydrogen-bond donors (Lipinski definition) is 0. The van der Waals surface area contributed by atoms with Gasteiger partial charge in [-0.3, -0.25) is 9.69 Å². The highest BCUT2D eigenvalue weighted by atomic mass is 32.1. The molecule has 1 aromatic carbocycles. The Morgan fingerprint density at radius 1 is 1.16 bits per heavy atom.